The van der Waals surface area contributed by atoms with Gasteiger partial charge in [-0.15, -0.1) is 0 Å². The van der Waals surface area contributed by atoms with E-state index in [2.05, 4.69) is 114 Å². The maximum Gasteiger partial charge on any atom is 0.123 e. The summed E-state index contributed by atoms with van der Waals surface area (Å²) in [6, 6.07) is 8.78. The van der Waals surface area contributed by atoms with Gasteiger partial charge in [0.2, 0.25) is 0 Å². The molecule has 0 aliphatic rings. The summed E-state index contributed by atoms with van der Waals surface area (Å²) in [6.07, 6.45) is 8.45. The van der Waals surface area contributed by atoms with E-state index < -0.39 is 5.54 Å². The summed E-state index contributed by atoms with van der Waals surface area (Å²) in [5, 5.41) is 22.7. The van der Waals surface area contributed by atoms with Crippen molar-refractivity contribution >= 4 is 0 Å². The van der Waals surface area contributed by atoms with Gasteiger partial charge in [-0.1, -0.05) is 146 Å². The minimum Gasteiger partial charge on any atom is -0.507 e. The molecule has 2 aromatic carbocycles. The number of unbranched alkanes of at least 4 members (excludes halogenated alkanes) is 4. The van der Waals surface area contributed by atoms with Crippen LogP contribution in [0.5, 0.6) is 11.5 Å². The molecule has 0 saturated heterocycles. The van der Waals surface area contributed by atoms with Gasteiger partial charge < -0.3 is 15.9 Å². The summed E-state index contributed by atoms with van der Waals surface area (Å²) >= 11 is 0. The molecule has 3 nitrogen and oxygen atoms in total. The first kappa shape index (κ1) is 35.2. The highest BCUT2D eigenvalue weighted by molar-refractivity contribution is 5.52. The second-order valence-corrected chi connectivity index (χ2v) is 17.0. The predicted molar refractivity (Wildman–Crippen MR) is 179 cm³/mol. The van der Waals surface area contributed by atoms with Crippen LogP contribution in [0, 0.1) is 0 Å². The van der Waals surface area contributed by atoms with Crippen molar-refractivity contribution in [3.8, 4) is 11.5 Å². The topological polar surface area (TPSA) is 66.5 Å². The number of phenols is 2. The summed E-state index contributed by atoms with van der Waals surface area (Å²) in [5.41, 5.74) is 12.6. The number of aromatic hydroxyl groups is 2. The average Bonchev–Trinajstić information content (AvgIpc) is 2.78. The molecular formula is C38H63NO2. The van der Waals surface area contributed by atoms with Crippen LogP contribution in [0.2, 0.25) is 0 Å². The van der Waals surface area contributed by atoms with Crippen molar-refractivity contribution in [2.75, 3.05) is 0 Å². The summed E-state index contributed by atoms with van der Waals surface area (Å²) in [5.74, 6) is 0.832. The van der Waals surface area contributed by atoms with Crippen LogP contribution in [0.25, 0.3) is 0 Å². The molecule has 0 aliphatic carbocycles. The van der Waals surface area contributed by atoms with Crippen molar-refractivity contribution in [2.45, 2.75) is 169 Å². The van der Waals surface area contributed by atoms with E-state index in [-0.39, 0.29) is 21.7 Å². The molecule has 3 heteroatoms. The van der Waals surface area contributed by atoms with Gasteiger partial charge in [-0.25, -0.2) is 0 Å². The fraction of sp³-hybridized carbons (Fsp3) is 0.684. The average molecular weight is 566 g/mol. The van der Waals surface area contributed by atoms with E-state index in [0.29, 0.717) is 11.5 Å². The van der Waals surface area contributed by atoms with Gasteiger partial charge in [0.25, 0.3) is 0 Å². The Morgan fingerprint density at radius 1 is 0.512 bits per heavy atom. The fourth-order valence-electron chi connectivity index (χ4n) is 6.01. The molecule has 0 saturated carbocycles. The van der Waals surface area contributed by atoms with Gasteiger partial charge in [-0.3, -0.25) is 0 Å². The zero-order valence-electron chi connectivity index (χ0n) is 28.9. The Labute approximate surface area is 253 Å². The predicted octanol–water partition coefficient (Wildman–Crippen LogP) is 10.1. The van der Waals surface area contributed by atoms with E-state index >= 15 is 0 Å². The summed E-state index contributed by atoms with van der Waals surface area (Å²) < 4.78 is 0. The first-order valence-electron chi connectivity index (χ1n) is 16.0. The minimum atomic E-state index is -0.450. The fourth-order valence-corrected chi connectivity index (χ4v) is 6.01. The third-order valence-corrected chi connectivity index (χ3v) is 8.46. The highest BCUT2D eigenvalue weighted by atomic mass is 16.3. The van der Waals surface area contributed by atoms with Crippen LogP contribution in [0.1, 0.15) is 162 Å². The van der Waals surface area contributed by atoms with E-state index in [9.17, 15) is 10.2 Å². The molecule has 4 N–H and O–H groups in total. The van der Waals surface area contributed by atoms with Crippen molar-refractivity contribution in [2.24, 2.45) is 5.73 Å². The Morgan fingerprint density at radius 3 is 1.07 bits per heavy atom. The van der Waals surface area contributed by atoms with Crippen molar-refractivity contribution in [1.82, 2.24) is 0 Å². The molecule has 0 amide bonds. The molecule has 0 radical (unpaired) electrons. The highest BCUT2D eigenvalue weighted by Crippen LogP contribution is 2.42. The number of phenolic OH excluding ortho intramolecular Hbond substituents is 2. The van der Waals surface area contributed by atoms with Crippen LogP contribution in [0.15, 0.2) is 24.3 Å². The Kier molecular flexibility index (Phi) is 10.9. The first-order valence-corrected chi connectivity index (χ1v) is 16.0. The smallest absolute Gasteiger partial charge is 0.123 e. The molecule has 0 spiro atoms. The SMILES string of the molecule is CCCCCCCC(N)(Cc1cc(C(C)(C)C)c(O)c(C(C)(C)C)c1)Cc1cc(C(C)(C)C)c(O)c(C(C)(C)C)c1. The van der Waals surface area contributed by atoms with Gasteiger partial charge in [0.05, 0.1) is 0 Å². The lowest BCUT2D eigenvalue weighted by atomic mass is 9.74. The number of hydrogen-bond donors (Lipinski definition) is 3. The Hall–Kier alpha value is -2.00. The van der Waals surface area contributed by atoms with E-state index in [1.807, 2.05) is 0 Å². The van der Waals surface area contributed by atoms with Crippen LogP contribution in [0.4, 0.5) is 0 Å². The second kappa shape index (κ2) is 12.7. The molecule has 0 fully saturated rings. The van der Waals surface area contributed by atoms with Crippen molar-refractivity contribution in [1.29, 1.82) is 0 Å². The number of nitrogens with two attached hydrogens (primary N) is 1. The van der Waals surface area contributed by atoms with Gasteiger partial charge >= 0.3 is 0 Å². The quantitative estimate of drug-likeness (QED) is 0.251. The first-order chi connectivity index (χ1) is 18.5. The van der Waals surface area contributed by atoms with Crippen LogP contribution in [-0.4, -0.2) is 15.8 Å². The lowest BCUT2D eigenvalue weighted by Crippen LogP contribution is -2.44. The summed E-state index contributed by atoms with van der Waals surface area (Å²) in [4.78, 5) is 0. The summed E-state index contributed by atoms with van der Waals surface area (Å²) in [6.45, 7) is 28.3. The molecule has 0 aliphatic heterocycles. The molecule has 41 heavy (non-hydrogen) atoms. The highest BCUT2D eigenvalue weighted by Gasteiger charge is 2.32. The molecule has 2 rings (SSSR count). The Balaban J connectivity index is 2.67. The van der Waals surface area contributed by atoms with E-state index in [1.165, 1.54) is 36.8 Å². The van der Waals surface area contributed by atoms with Crippen molar-refractivity contribution in [3.63, 3.8) is 0 Å². The van der Waals surface area contributed by atoms with Crippen LogP contribution >= 0.6 is 0 Å². The zero-order valence-corrected chi connectivity index (χ0v) is 28.9. The minimum absolute atomic E-state index is 0.183. The van der Waals surface area contributed by atoms with Crippen LogP contribution < -0.4 is 5.73 Å². The molecule has 2 aromatic rings. The monoisotopic (exact) mass is 565 g/mol. The largest absolute Gasteiger partial charge is 0.507 e. The van der Waals surface area contributed by atoms with Crippen molar-refractivity contribution < 1.29 is 10.2 Å². The Bertz CT molecular complexity index is 1010. The standard InChI is InChI=1S/C38H63NO2/c1-14-15-16-17-18-19-38(39,24-26-20-28(34(2,3)4)32(40)29(21-26)35(5,6)7)25-27-22-30(36(8,9)10)33(41)31(23-27)37(11,12)13/h20-23,40-41H,14-19,24-25,39H2,1-13H3. The molecule has 232 valence electrons. The number of hydrogen-bond acceptors (Lipinski definition) is 3. The van der Waals surface area contributed by atoms with E-state index in [1.54, 1.807) is 0 Å². The third-order valence-electron chi connectivity index (χ3n) is 8.46. The van der Waals surface area contributed by atoms with Gasteiger partial charge in [-0.2, -0.15) is 0 Å². The zero-order chi connectivity index (χ0) is 31.6. The maximum atomic E-state index is 11.3. The lowest BCUT2D eigenvalue weighted by molar-refractivity contribution is 0.364. The number of benzene rings is 2. The van der Waals surface area contributed by atoms with Gasteiger partial charge in [0, 0.05) is 5.54 Å². The second-order valence-electron chi connectivity index (χ2n) is 17.0. The van der Waals surface area contributed by atoms with Gasteiger partial charge in [-0.05, 0) is 74.3 Å². The summed E-state index contributed by atoms with van der Waals surface area (Å²) in [7, 11) is 0. The van der Waals surface area contributed by atoms with Gasteiger partial charge in [0.1, 0.15) is 11.5 Å². The van der Waals surface area contributed by atoms with Crippen molar-refractivity contribution in [3.05, 3.63) is 57.6 Å². The maximum absolute atomic E-state index is 11.3. The molecule has 0 heterocycles. The van der Waals surface area contributed by atoms with Gasteiger partial charge in [0.15, 0.2) is 0 Å². The molecule has 0 aromatic heterocycles. The normalized spacial score (nSPS) is 13.6. The van der Waals surface area contributed by atoms with E-state index in [0.717, 1.165) is 47.9 Å². The van der Waals surface area contributed by atoms with Crippen LogP contribution in [0.3, 0.4) is 0 Å². The molecule has 0 unspecified atom stereocenters. The van der Waals surface area contributed by atoms with E-state index in [4.69, 9.17) is 5.73 Å². The molecule has 0 atom stereocenters. The Morgan fingerprint density at radius 2 is 0.805 bits per heavy atom. The molecule has 0 bridgehead atoms. The molecular weight excluding hydrogens is 502 g/mol. The van der Waals surface area contributed by atoms with Crippen LogP contribution in [-0.2, 0) is 34.5 Å². The third kappa shape index (κ3) is 9.50. The number of rotatable bonds is 10. The lowest BCUT2D eigenvalue weighted by Gasteiger charge is -2.34.